The van der Waals surface area contributed by atoms with Gasteiger partial charge in [-0.2, -0.15) is 0 Å². The lowest BCUT2D eigenvalue weighted by atomic mass is 10.4. The number of rotatable bonds is 2. The maximum atomic E-state index is 2.32. The maximum absolute atomic E-state index is 2.32. The van der Waals surface area contributed by atoms with Crippen molar-refractivity contribution in [2.45, 2.75) is 24.0 Å². The zero-order valence-electron chi connectivity index (χ0n) is 6.67. The first-order chi connectivity index (χ1) is 5.18. The average molecular weight is 278 g/mol. The summed E-state index contributed by atoms with van der Waals surface area (Å²) in [5.41, 5.74) is 0. The smallest absolute Gasteiger partial charge is 0.0131 e. The summed E-state index contributed by atoms with van der Waals surface area (Å²) >= 11 is 4.22. The molecule has 0 aliphatic rings. The first kappa shape index (κ1) is 9.39. The Hall–Kier alpha value is 0.300. The van der Waals surface area contributed by atoms with E-state index in [1.807, 2.05) is 11.8 Å². The Bertz CT molecular complexity index is 216. The fourth-order valence-corrected chi connectivity index (χ4v) is 1.98. The van der Waals surface area contributed by atoms with Gasteiger partial charge in [0.1, 0.15) is 0 Å². The van der Waals surface area contributed by atoms with Gasteiger partial charge in [0.25, 0.3) is 0 Å². The van der Waals surface area contributed by atoms with E-state index in [2.05, 4.69) is 60.7 Å². The highest BCUT2D eigenvalue weighted by Crippen LogP contribution is 2.22. The largest absolute Gasteiger partial charge is 0.123 e. The Morgan fingerprint density at radius 1 is 1.18 bits per heavy atom. The highest BCUT2D eigenvalue weighted by Gasteiger charge is 1.96. The van der Waals surface area contributed by atoms with Crippen LogP contribution in [0.25, 0.3) is 0 Å². The Labute approximate surface area is 85.9 Å². The second-order valence-electron chi connectivity index (χ2n) is 2.62. The molecule has 0 atom stereocenters. The lowest BCUT2D eigenvalue weighted by molar-refractivity contribution is 1.11. The van der Waals surface area contributed by atoms with Crippen LogP contribution >= 0.6 is 34.4 Å². The van der Waals surface area contributed by atoms with E-state index in [0.29, 0.717) is 5.25 Å². The van der Waals surface area contributed by atoms with Crippen LogP contribution in [0.15, 0.2) is 29.2 Å². The van der Waals surface area contributed by atoms with Crippen LogP contribution in [0.1, 0.15) is 13.8 Å². The minimum atomic E-state index is 0.676. The fraction of sp³-hybridized carbons (Fsp3) is 0.333. The molecule has 0 aliphatic carbocycles. The van der Waals surface area contributed by atoms with Gasteiger partial charge in [-0.1, -0.05) is 13.8 Å². The molecule has 0 aliphatic heterocycles. The molecule has 0 aromatic heterocycles. The van der Waals surface area contributed by atoms with Crippen molar-refractivity contribution in [3.05, 3.63) is 27.8 Å². The third-order valence-electron chi connectivity index (χ3n) is 1.19. The van der Waals surface area contributed by atoms with Gasteiger partial charge in [0.15, 0.2) is 0 Å². The zero-order chi connectivity index (χ0) is 8.27. The lowest BCUT2D eigenvalue weighted by Crippen LogP contribution is -1.85. The van der Waals surface area contributed by atoms with Gasteiger partial charge >= 0.3 is 0 Å². The van der Waals surface area contributed by atoms with E-state index < -0.39 is 0 Å². The normalized spacial score (nSPS) is 10.5. The van der Waals surface area contributed by atoms with Gasteiger partial charge < -0.3 is 0 Å². The molecule has 0 saturated heterocycles. The van der Waals surface area contributed by atoms with Gasteiger partial charge in [-0.05, 0) is 46.9 Å². The molecule has 1 rings (SSSR count). The molecule has 1 aromatic carbocycles. The second kappa shape index (κ2) is 4.36. The summed E-state index contributed by atoms with van der Waals surface area (Å²) in [5.74, 6) is 0. The number of halogens is 1. The minimum Gasteiger partial charge on any atom is -0.123 e. The van der Waals surface area contributed by atoms with Crippen LogP contribution in [-0.2, 0) is 0 Å². The van der Waals surface area contributed by atoms with Crippen molar-refractivity contribution in [2.75, 3.05) is 0 Å². The van der Waals surface area contributed by atoms with E-state index in [0.717, 1.165) is 0 Å². The van der Waals surface area contributed by atoms with Crippen LogP contribution in [0.2, 0.25) is 0 Å². The van der Waals surface area contributed by atoms with Gasteiger partial charge in [-0.25, -0.2) is 0 Å². The molecule has 60 valence electrons. The molecular formula is C9H11IS. The van der Waals surface area contributed by atoms with Crippen molar-refractivity contribution in [3.8, 4) is 0 Å². The van der Waals surface area contributed by atoms with Gasteiger partial charge in [-0.15, -0.1) is 11.8 Å². The lowest BCUT2D eigenvalue weighted by Gasteiger charge is -2.03. The molecule has 0 bridgehead atoms. The Morgan fingerprint density at radius 3 is 2.18 bits per heavy atom. The third kappa shape index (κ3) is 3.47. The molecule has 0 fully saturated rings. The summed E-state index contributed by atoms with van der Waals surface area (Å²) in [7, 11) is 0. The molecule has 0 spiro atoms. The molecule has 0 heterocycles. The molecule has 11 heavy (non-hydrogen) atoms. The van der Waals surface area contributed by atoms with Crippen molar-refractivity contribution >= 4 is 34.4 Å². The van der Waals surface area contributed by atoms with Crippen LogP contribution in [0, 0.1) is 3.57 Å². The van der Waals surface area contributed by atoms with E-state index in [9.17, 15) is 0 Å². The van der Waals surface area contributed by atoms with Crippen molar-refractivity contribution < 1.29 is 0 Å². The standard InChI is InChI=1S/C9H11IS/c1-7(2)11-9-5-3-8(10)4-6-9/h3-7H,1-2H3. The monoisotopic (exact) mass is 278 g/mol. The minimum absolute atomic E-state index is 0.676. The van der Waals surface area contributed by atoms with Gasteiger partial charge in [0.2, 0.25) is 0 Å². The molecule has 0 saturated carbocycles. The third-order valence-corrected chi connectivity index (χ3v) is 2.92. The van der Waals surface area contributed by atoms with Crippen molar-refractivity contribution in [1.29, 1.82) is 0 Å². The molecule has 2 heteroatoms. The molecular weight excluding hydrogens is 267 g/mol. The van der Waals surface area contributed by atoms with Crippen molar-refractivity contribution in [2.24, 2.45) is 0 Å². The summed E-state index contributed by atoms with van der Waals surface area (Å²) in [6.45, 7) is 4.42. The Balaban J connectivity index is 2.66. The van der Waals surface area contributed by atoms with E-state index in [1.54, 1.807) is 0 Å². The second-order valence-corrected chi connectivity index (χ2v) is 5.52. The topological polar surface area (TPSA) is 0 Å². The molecule has 0 amide bonds. The summed E-state index contributed by atoms with van der Waals surface area (Å²) in [6, 6.07) is 8.63. The highest BCUT2D eigenvalue weighted by molar-refractivity contribution is 14.1. The van der Waals surface area contributed by atoms with E-state index in [1.165, 1.54) is 8.47 Å². The van der Waals surface area contributed by atoms with Gasteiger partial charge in [-0.3, -0.25) is 0 Å². The number of hydrogen-bond donors (Lipinski definition) is 0. The molecule has 0 nitrogen and oxygen atoms in total. The van der Waals surface area contributed by atoms with Crippen LogP contribution in [0.5, 0.6) is 0 Å². The average Bonchev–Trinajstić information content (AvgIpc) is 1.93. The Morgan fingerprint density at radius 2 is 1.73 bits per heavy atom. The number of hydrogen-bond acceptors (Lipinski definition) is 1. The zero-order valence-corrected chi connectivity index (χ0v) is 9.65. The number of thioether (sulfide) groups is 1. The summed E-state index contributed by atoms with van der Waals surface area (Å²) < 4.78 is 1.30. The fourth-order valence-electron chi connectivity index (χ4n) is 0.785. The maximum Gasteiger partial charge on any atom is 0.0131 e. The summed E-state index contributed by atoms with van der Waals surface area (Å²) in [5, 5.41) is 0.676. The summed E-state index contributed by atoms with van der Waals surface area (Å²) in [4.78, 5) is 1.36. The molecule has 0 unspecified atom stereocenters. The van der Waals surface area contributed by atoms with E-state index >= 15 is 0 Å². The van der Waals surface area contributed by atoms with Crippen molar-refractivity contribution in [1.82, 2.24) is 0 Å². The quantitative estimate of drug-likeness (QED) is 0.586. The summed E-state index contributed by atoms with van der Waals surface area (Å²) in [6.07, 6.45) is 0. The van der Waals surface area contributed by atoms with Crippen molar-refractivity contribution in [3.63, 3.8) is 0 Å². The van der Waals surface area contributed by atoms with E-state index in [-0.39, 0.29) is 0 Å². The highest BCUT2D eigenvalue weighted by atomic mass is 127. The number of benzene rings is 1. The van der Waals surface area contributed by atoms with Gasteiger partial charge in [0, 0.05) is 13.7 Å². The first-order valence-corrected chi connectivity index (χ1v) is 5.56. The van der Waals surface area contributed by atoms with Crippen LogP contribution in [0.4, 0.5) is 0 Å². The van der Waals surface area contributed by atoms with Crippen LogP contribution < -0.4 is 0 Å². The van der Waals surface area contributed by atoms with Gasteiger partial charge in [0.05, 0.1) is 0 Å². The van der Waals surface area contributed by atoms with Crippen LogP contribution in [-0.4, -0.2) is 5.25 Å². The SMILES string of the molecule is CC(C)Sc1ccc(I)cc1. The predicted molar refractivity (Wildman–Crippen MR) is 60.2 cm³/mol. The molecule has 0 radical (unpaired) electrons. The Kier molecular flexibility index (Phi) is 3.72. The predicted octanol–water partition coefficient (Wildman–Crippen LogP) is 3.79. The van der Waals surface area contributed by atoms with E-state index in [4.69, 9.17) is 0 Å². The molecule has 1 aromatic rings. The molecule has 0 N–H and O–H groups in total. The van der Waals surface area contributed by atoms with Crippen LogP contribution in [0.3, 0.4) is 0 Å². The first-order valence-electron chi connectivity index (χ1n) is 3.60.